The third kappa shape index (κ3) is 6.53. The van der Waals surface area contributed by atoms with Crippen molar-refractivity contribution < 1.29 is 27.5 Å². The van der Waals surface area contributed by atoms with Crippen LogP contribution < -0.4 is 10.6 Å². The van der Waals surface area contributed by atoms with Gasteiger partial charge in [-0.2, -0.15) is 18.3 Å². The first-order chi connectivity index (χ1) is 20.0. The molecule has 9 nitrogen and oxygen atoms in total. The summed E-state index contributed by atoms with van der Waals surface area (Å²) in [7, 11) is 0. The van der Waals surface area contributed by atoms with Crippen LogP contribution in [0.15, 0.2) is 48.5 Å². The van der Waals surface area contributed by atoms with Crippen LogP contribution in [-0.2, 0) is 35.2 Å². The number of para-hydroxylation sites is 1. The number of piperazine rings is 1. The zero-order valence-corrected chi connectivity index (χ0v) is 23.7. The second-order valence-corrected chi connectivity index (χ2v) is 10.9. The Kier molecular flexibility index (Phi) is 8.44. The Hall–Kier alpha value is -4.06. The first-order valence-corrected chi connectivity index (χ1v) is 14.0. The third-order valence-electron chi connectivity index (χ3n) is 8.01. The minimum atomic E-state index is -4.45. The molecule has 1 fully saturated rings. The van der Waals surface area contributed by atoms with Crippen molar-refractivity contribution in [1.82, 2.24) is 19.6 Å². The molecule has 0 saturated carbocycles. The summed E-state index contributed by atoms with van der Waals surface area (Å²) in [5.41, 5.74) is 9.80. The van der Waals surface area contributed by atoms with Gasteiger partial charge in [-0.05, 0) is 30.7 Å². The number of halogens is 3. The lowest BCUT2D eigenvalue weighted by Crippen LogP contribution is -2.50. The number of rotatable bonds is 7. The molecule has 3 heterocycles. The summed E-state index contributed by atoms with van der Waals surface area (Å²) in [5.74, 6) is -0.0912. The number of hydrogen-bond acceptors (Lipinski definition) is 6. The average molecular weight is 585 g/mol. The Labute approximate surface area is 242 Å². The quantitative estimate of drug-likeness (QED) is 0.450. The lowest BCUT2D eigenvalue weighted by Gasteiger charge is -2.38. The Morgan fingerprint density at radius 1 is 1.00 bits per heavy atom. The molecule has 42 heavy (non-hydrogen) atoms. The number of ether oxygens (including phenoxy) is 1. The summed E-state index contributed by atoms with van der Waals surface area (Å²) in [6.45, 7) is 8.24. The maximum atomic E-state index is 13.2. The van der Waals surface area contributed by atoms with E-state index in [9.17, 15) is 22.8 Å². The first kappa shape index (κ1) is 29.4. The van der Waals surface area contributed by atoms with Gasteiger partial charge < -0.3 is 20.3 Å². The van der Waals surface area contributed by atoms with Gasteiger partial charge in [0.2, 0.25) is 5.91 Å². The predicted octanol–water partition coefficient (Wildman–Crippen LogP) is 4.07. The second-order valence-electron chi connectivity index (χ2n) is 10.9. The van der Waals surface area contributed by atoms with E-state index in [4.69, 9.17) is 15.6 Å². The topological polar surface area (TPSA) is 96.9 Å². The van der Waals surface area contributed by atoms with Gasteiger partial charge in [-0.3, -0.25) is 14.4 Å². The fourth-order valence-corrected chi connectivity index (χ4v) is 5.83. The summed E-state index contributed by atoms with van der Waals surface area (Å²) in [6.07, 6.45) is -5.41. The van der Waals surface area contributed by atoms with E-state index in [0.29, 0.717) is 37.3 Å². The summed E-state index contributed by atoms with van der Waals surface area (Å²) >= 11 is 0. The Bertz CT molecular complexity index is 1430. The zero-order valence-electron chi connectivity index (χ0n) is 23.7. The van der Waals surface area contributed by atoms with Gasteiger partial charge in [0.15, 0.2) is 0 Å². The van der Waals surface area contributed by atoms with E-state index in [1.165, 1.54) is 30.3 Å². The Balaban J connectivity index is 1.37. The van der Waals surface area contributed by atoms with Gasteiger partial charge in [0.1, 0.15) is 6.10 Å². The van der Waals surface area contributed by atoms with Crippen molar-refractivity contribution in [3.63, 3.8) is 0 Å². The number of amides is 2. The number of alkyl halides is 3. The maximum Gasteiger partial charge on any atom is 0.416 e. The molecule has 3 aromatic rings. The SMILES string of the molecule is CC(=O)N1CCc2c(c(-c3ccc(C(F)(F)F)cc3)nn2CC(CN2CCN(c3ccccc3C)CC2)OC(N)=O)C1. The number of nitrogens with zero attached hydrogens (tertiary/aromatic N) is 5. The highest BCUT2D eigenvalue weighted by Crippen LogP contribution is 2.34. The van der Waals surface area contributed by atoms with Crippen LogP contribution in [0.3, 0.4) is 0 Å². The molecule has 2 N–H and O–H groups in total. The van der Waals surface area contributed by atoms with E-state index in [1.54, 1.807) is 9.58 Å². The van der Waals surface area contributed by atoms with Gasteiger partial charge in [-0.1, -0.05) is 30.3 Å². The molecule has 0 spiro atoms. The van der Waals surface area contributed by atoms with E-state index in [0.717, 1.165) is 49.6 Å². The van der Waals surface area contributed by atoms with E-state index < -0.39 is 23.9 Å². The average Bonchev–Trinajstić information content (AvgIpc) is 3.30. The van der Waals surface area contributed by atoms with Crippen molar-refractivity contribution in [2.24, 2.45) is 5.73 Å². The van der Waals surface area contributed by atoms with Crippen LogP contribution in [0.1, 0.15) is 29.3 Å². The van der Waals surface area contributed by atoms with Crippen LogP contribution in [0.5, 0.6) is 0 Å². The van der Waals surface area contributed by atoms with Crippen molar-refractivity contribution in [3.8, 4) is 11.3 Å². The fraction of sp³-hybridized carbons (Fsp3) is 0.433. The van der Waals surface area contributed by atoms with Crippen molar-refractivity contribution in [1.29, 1.82) is 0 Å². The van der Waals surface area contributed by atoms with E-state index in [2.05, 4.69) is 28.9 Å². The largest absolute Gasteiger partial charge is 0.443 e. The Morgan fingerprint density at radius 2 is 1.69 bits per heavy atom. The molecule has 2 aliphatic heterocycles. The van der Waals surface area contributed by atoms with Crippen LogP contribution in [-0.4, -0.2) is 77.0 Å². The smallest absolute Gasteiger partial charge is 0.416 e. The summed E-state index contributed by atoms with van der Waals surface area (Å²) in [4.78, 5) is 30.3. The van der Waals surface area contributed by atoms with Gasteiger partial charge >= 0.3 is 12.3 Å². The number of primary amides is 1. The standard InChI is InChI=1S/C30H35F3N6O3/c1-20-5-3-4-6-26(20)37-15-13-36(14-16-37)17-24(42-29(34)41)18-39-27-11-12-38(21(2)40)19-25(27)28(35-39)22-7-9-23(10-8-22)30(31,32)33/h3-10,24H,11-19H2,1-2H3,(H2,34,41). The van der Waals surface area contributed by atoms with Gasteiger partial charge in [0.05, 0.1) is 17.8 Å². The molecule has 2 aliphatic rings. The summed E-state index contributed by atoms with van der Waals surface area (Å²) < 4.78 is 46.8. The maximum absolute atomic E-state index is 13.2. The molecule has 0 aliphatic carbocycles. The number of aryl methyl sites for hydroxylation is 1. The molecule has 1 unspecified atom stereocenters. The van der Waals surface area contributed by atoms with Crippen LogP contribution >= 0.6 is 0 Å². The number of nitrogens with two attached hydrogens (primary N) is 1. The molecule has 2 aromatic carbocycles. The number of anilines is 1. The Morgan fingerprint density at radius 3 is 2.31 bits per heavy atom. The first-order valence-electron chi connectivity index (χ1n) is 14.0. The number of benzene rings is 2. The minimum absolute atomic E-state index is 0.0912. The van der Waals surface area contributed by atoms with Crippen molar-refractivity contribution >= 4 is 17.7 Å². The highest BCUT2D eigenvalue weighted by molar-refractivity contribution is 5.74. The molecule has 0 radical (unpaired) electrons. The lowest BCUT2D eigenvalue weighted by molar-refractivity contribution is -0.137. The highest BCUT2D eigenvalue weighted by atomic mass is 19.4. The van der Waals surface area contributed by atoms with E-state index >= 15 is 0 Å². The van der Waals surface area contributed by atoms with Crippen LogP contribution in [0.25, 0.3) is 11.3 Å². The van der Waals surface area contributed by atoms with Gasteiger partial charge in [0, 0.05) is 81.7 Å². The molecule has 2 amide bonds. The van der Waals surface area contributed by atoms with E-state index in [1.807, 2.05) is 12.1 Å². The molecule has 224 valence electrons. The molecule has 12 heteroatoms. The van der Waals surface area contributed by atoms with Gasteiger partial charge in [0.25, 0.3) is 0 Å². The molecule has 0 bridgehead atoms. The van der Waals surface area contributed by atoms with Crippen LogP contribution in [0.4, 0.5) is 23.7 Å². The minimum Gasteiger partial charge on any atom is -0.443 e. The number of carbonyl (C=O) groups is 2. The highest BCUT2D eigenvalue weighted by Gasteiger charge is 2.32. The summed E-state index contributed by atoms with van der Waals surface area (Å²) in [6, 6.07) is 13.1. The second kappa shape index (κ2) is 12.0. The van der Waals surface area contributed by atoms with Gasteiger partial charge in [-0.15, -0.1) is 0 Å². The molecular weight excluding hydrogens is 549 g/mol. The fourth-order valence-electron chi connectivity index (χ4n) is 5.83. The number of carbonyl (C=O) groups excluding carboxylic acids is 2. The number of aromatic nitrogens is 2. The third-order valence-corrected chi connectivity index (χ3v) is 8.01. The normalized spacial score (nSPS) is 16.7. The molecule has 1 saturated heterocycles. The van der Waals surface area contributed by atoms with Crippen molar-refractivity contribution in [2.75, 3.05) is 44.2 Å². The monoisotopic (exact) mass is 584 g/mol. The molecule has 5 rings (SSSR count). The number of hydrogen-bond donors (Lipinski definition) is 1. The van der Waals surface area contributed by atoms with Crippen LogP contribution in [0, 0.1) is 6.92 Å². The van der Waals surface area contributed by atoms with Crippen molar-refractivity contribution in [3.05, 3.63) is 70.9 Å². The number of fused-ring (bicyclic) bond motifs is 1. The van der Waals surface area contributed by atoms with Gasteiger partial charge in [-0.25, -0.2) is 4.79 Å². The van der Waals surface area contributed by atoms with Crippen LogP contribution in [0.2, 0.25) is 0 Å². The van der Waals surface area contributed by atoms with E-state index in [-0.39, 0.29) is 12.5 Å². The molecular formula is C30H35F3N6O3. The molecule has 1 atom stereocenters. The lowest BCUT2D eigenvalue weighted by atomic mass is 10.00. The van der Waals surface area contributed by atoms with Crippen molar-refractivity contribution in [2.45, 2.75) is 45.6 Å². The predicted molar refractivity (Wildman–Crippen MR) is 152 cm³/mol. The summed E-state index contributed by atoms with van der Waals surface area (Å²) in [5, 5.41) is 4.79. The molecule has 1 aromatic heterocycles. The zero-order chi connectivity index (χ0) is 30.0.